The van der Waals surface area contributed by atoms with Gasteiger partial charge in [0.15, 0.2) is 22.6 Å². The summed E-state index contributed by atoms with van der Waals surface area (Å²) in [7, 11) is 0. The highest BCUT2D eigenvalue weighted by molar-refractivity contribution is 5.97. The lowest BCUT2D eigenvalue weighted by molar-refractivity contribution is -0.137. The van der Waals surface area contributed by atoms with Crippen molar-refractivity contribution < 1.29 is 37.1 Å². The first-order valence-corrected chi connectivity index (χ1v) is 43.4. The van der Waals surface area contributed by atoms with E-state index in [-0.39, 0.29) is 58.5 Å². The summed E-state index contributed by atoms with van der Waals surface area (Å²) in [4.78, 5) is 130. The number of ether oxygens (including phenoxy) is 1. The number of anilines is 8. The number of hydrogen-bond donors (Lipinski definition) is 11. The van der Waals surface area contributed by atoms with Gasteiger partial charge in [-0.25, -0.2) is 19.9 Å². The molecule has 1 unspecified atom stereocenters. The summed E-state index contributed by atoms with van der Waals surface area (Å²) in [6.07, 6.45) is 20.9. The van der Waals surface area contributed by atoms with Gasteiger partial charge in [0.05, 0.1) is 57.2 Å². The fourth-order valence-corrected chi connectivity index (χ4v) is 15.7. The van der Waals surface area contributed by atoms with Crippen LogP contribution in [0.2, 0.25) is 0 Å². The maximum absolute atomic E-state index is 12.9. The highest BCUT2D eigenvalue weighted by Gasteiger charge is 2.31. The molecular weight excluding hydrogens is 1700 g/mol. The SMILES string of the molecule is CC(C)N1CCN(C(=O)c2ccc(Nc3ccc(-c4cc[nH]c(=O)c4)n4ccnc34)cc2)CC1.O=C(NCC1CC1)c1ccc(Nc2ccc(-c3cc[nH]c(=O)c3)n3ccnc23)cc1.O=C(NCC1CCCO1)c1ccc(Nc2ccc(-c3cc[nH]c(=O)c3)n3ccnc23)cc1.O=C(NCc1ccc(C(F)(F)F)cc1)c1ccc(Nc2ccc(-c3cc[nH]c(=O)c3)n3ccnc23)cc1. The zero-order valence-electron chi connectivity index (χ0n) is 72.2. The van der Waals surface area contributed by atoms with Crippen LogP contribution in [0.3, 0.4) is 0 Å². The van der Waals surface area contributed by atoms with E-state index in [9.17, 15) is 51.5 Å². The third-order valence-corrected chi connectivity index (χ3v) is 23.0. The number of aromatic amines is 4. The van der Waals surface area contributed by atoms with E-state index in [1.165, 1.54) is 31.0 Å². The number of amides is 4. The van der Waals surface area contributed by atoms with Crippen LogP contribution >= 0.6 is 0 Å². The number of alkyl halides is 3. The molecule has 1 aliphatic carbocycles. The van der Waals surface area contributed by atoms with Gasteiger partial charge < -0.3 is 66.8 Å². The molecule has 11 N–H and O–H groups in total. The maximum Gasteiger partial charge on any atom is 0.416 e. The Balaban J connectivity index is 0.000000124. The molecule has 17 aromatic rings. The molecule has 1 atom stereocenters. The smallest absolute Gasteiger partial charge is 0.376 e. The number of fused-ring (bicyclic) bond motifs is 4. The number of aromatic nitrogens is 12. The van der Waals surface area contributed by atoms with E-state index >= 15 is 0 Å². The van der Waals surface area contributed by atoms with Crippen LogP contribution in [0, 0.1) is 5.92 Å². The molecule has 3 fully saturated rings. The molecule has 0 radical (unpaired) electrons. The summed E-state index contributed by atoms with van der Waals surface area (Å²) in [5, 5.41) is 22.0. The molecule has 1 saturated carbocycles. The van der Waals surface area contributed by atoms with E-state index in [4.69, 9.17) is 4.74 Å². The number of carbonyl (C=O) groups excluding carboxylic acids is 4. The van der Waals surface area contributed by atoms with Gasteiger partial charge in [-0.2, -0.15) is 13.2 Å². The number of nitrogens with zero attached hydrogens (tertiary/aromatic N) is 10. The number of nitrogens with one attached hydrogen (secondary N) is 11. The molecule has 3 aliphatic rings. The van der Waals surface area contributed by atoms with Gasteiger partial charge in [-0.05, 0) is 233 Å². The van der Waals surface area contributed by atoms with Gasteiger partial charge in [-0.3, -0.25) is 60.9 Å². The number of H-pyrrole nitrogens is 4. The fourth-order valence-electron chi connectivity index (χ4n) is 15.7. The molecular formula is C100H92F3N21O9. The van der Waals surface area contributed by atoms with Crippen LogP contribution in [-0.2, 0) is 17.5 Å². The monoisotopic (exact) mass is 1790 g/mol. The van der Waals surface area contributed by atoms with Crippen LogP contribution in [0.5, 0.6) is 0 Å². The van der Waals surface area contributed by atoms with Gasteiger partial charge in [-0.1, -0.05) is 12.1 Å². The number of pyridine rings is 8. The van der Waals surface area contributed by atoms with Crippen molar-refractivity contribution in [2.24, 2.45) is 5.92 Å². The average Bonchev–Trinajstić information content (AvgIpc) is 1.69. The topological polar surface area (TPSA) is 369 Å². The van der Waals surface area contributed by atoms with Crippen LogP contribution < -0.4 is 59.5 Å². The lowest BCUT2D eigenvalue weighted by atomic mass is 10.1. The number of benzene rings is 5. The van der Waals surface area contributed by atoms with Crippen LogP contribution in [-0.4, -0.2) is 149 Å². The van der Waals surface area contributed by atoms with Crippen LogP contribution in [0.15, 0.2) is 312 Å². The van der Waals surface area contributed by atoms with Crippen LogP contribution in [0.25, 0.3) is 67.6 Å². The Hall–Kier alpha value is -16.6. The van der Waals surface area contributed by atoms with Crippen molar-refractivity contribution in [2.75, 3.05) is 67.1 Å². The number of halogens is 3. The largest absolute Gasteiger partial charge is 0.416 e. The normalized spacial score (nSPS) is 13.7. The van der Waals surface area contributed by atoms with E-state index in [1.807, 2.05) is 175 Å². The molecule has 0 bridgehead atoms. The van der Waals surface area contributed by atoms with Crippen molar-refractivity contribution in [3.05, 3.63) is 368 Å². The van der Waals surface area contributed by atoms with Gasteiger partial charge in [-0.15, -0.1) is 0 Å². The van der Waals surface area contributed by atoms with Crippen molar-refractivity contribution in [1.29, 1.82) is 0 Å². The highest BCUT2D eigenvalue weighted by atomic mass is 19.4. The Kier molecular flexibility index (Phi) is 26.6. The van der Waals surface area contributed by atoms with Crippen LogP contribution in [0.1, 0.15) is 92.1 Å². The first-order valence-electron chi connectivity index (χ1n) is 43.4. The zero-order valence-corrected chi connectivity index (χ0v) is 72.2. The standard InChI is InChI=1S/C27H20F3N5O2.C26H28N6O2.C24H23N5O3.C23H21N5O2/c28-27(29,30)20-5-1-17(2-6-20)16-33-26(37)18-3-7-21(8-4-18)34-22-9-10-23(35-14-13-32-25(22)35)19-11-12-31-24(36)15-19;1-18(2)30-13-15-31(16-14-30)26(34)19-3-5-21(6-4-19)29-22-7-8-23(32-12-11-28-25(22)32)20-9-10-27-24(33)17-20;30-22-14-17(9-10-25-22)21-8-7-20(23-26-11-12-29(21)23)28-18-5-3-16(4-6-18)24(31)27-15-19-2-1-13-32-19;29-21-13-17(9-10-24-21)20-8-7-19(22-25-11-12-28(20)22)27-18-5-3-16(4-6-18)23(30)26-14-15-1-2-15/h1-15,34H,16H2,(H,31,36)(H,33,37);3-12,17-18,29H,13-16H2,1-2H3,(H,27,33);3-12,14,19,28H,1-2,13,15H2,(H,25,30)(H,27,31);3-13,15,27H,1-2,14H2,(H,24,29)(H,26,30). The molecule has 33 heteroatoms. The van der Waals surface area contributed by atoms with Crippen molar-refractivity contribution >= 4 is 91.7 Å². The lowest BCUT2D eigenvalue weighted by Crippen LogP contribution is -2.50. The molecule has 20 rings (SSSR count). The number of piperazine rings is 1. The van der Waals surface area contributed by atoms with E-state index in [2.05, 4.69) is 95.8 Å². The van der Waals surface area contributed by atoms with Gasteiger partial charge in [0.25, 0.3) is 23.6 Å². The van der Waals surface area contributed by atoms with Crippen molar-refractivity contribution in [2.45, 2.75) is 64.4 Å². The number of imidazole rings is 4. The molecule has 2 aliphatic heterocycles. The summed E-state index contributed by atoms with van der Waals surface area (Å²) in [5.74, 6) is 0.248. The summed E-state index contributed by atoms with van der Waals surface area (Å²) < 4.78 is 51.3. The minimum atomic E-state index is -4.40. The molecule has 5 aromatic carbocycles. The predicted octanol–water partition coefficient (Wildman–Crippen LogP) is 15.9. The van der Waals surface area contributed by atoms with Crippen molar-refractivity contribution in [1.82, 2.24) is 83.2 Å². The Bertz CT molecular complexity index is 7290. The number of rotatable bonds is 23. The second-order valence-corrected chi connectivity index (χ2v) is 32.4. The Labute approximate surface area is 758 Å². The molecule has 30 nitrogen and oxygen atoms in total. The molecule has 4 amide bonds. The number of hydrogen-bond acceptors (Lipinski definition) is 18. The maximum atomic E-state index is 12.9. The van der Waals surface area contributed by atoms with E-state index in [0.717, 1.165) is 172 Å². The quantitative estimate of drug-likeness (QED) is 0.0283. The van der Waals surface area contributed by atoms with Gasteiger partial charge in [0, 0.05) is 224 Å². The van der Waals surface area contributed by atoms with Gasteiger partial charge in [0.2, 0.25) is 22.2 Å². The van der Waals surface area contributed by atoms with E-state index in [0.29, 0.717) is 52.0 Å². The van der Waals surface area contributed by atoms with Crippen molar-refractivity contribution in [3.8, 4) is 45.0 Å². The second-order valence-electron chi connectivity index (χ2n) is 32.4. The summed E-state index contributed by atoms with van der Waals surface area (Å²) in [6.45, 7) is 9.90. The van der Waals surface area contributed by atoms with Crippen molar-refractivity contribution in [3.63, 3.8) is 0 Å². The third-order valence-electron chi connectivity index (χ3n) is 23.0. The van der Waals surface area contributed by atoms with Gasteiger partial charge >= 0.3 is 6.18 Å². The molecule has 133 heavy (non-hydrogen) atoms. The van der Waals surface area contributed by atoms with E-state index < -0.39 is 11.7 Å². The summed E-state index contributed by atoms with van der Waals surface area (Å²) in [6, 6.07) is 63.3. The zero-order chi connectivity index (χ0) is 92.1. The van der Waals surface area contributed by atoms with E-state index in [1.54, 1.807) is 110 Å². The molecule has 12 aromatic heterocycles. The minimum Gasteiger partial charge on any atom is -0.376 e. The van der Waals surface area contributed by atoms with Gasteiger partial charge in [0.1, 0.15) is 0 Å². The molecule has 0 spiro atoms. The average molecular weight is 1790 g/mol. The molecule has 2 saturated heterocycles. The second kappa shape index (κ2) is 40.0. The first kappa shape index (κ1) is 88.5. The Morgan fingerprint density at radius 3 is 1.06 bits per heavy atom. The Morgan fingerprint density at radius 1 is 0.406 bits per heavy atom. The Morgan fingerprint density at radius 2 is 0.744 bits per heavy atom. The third kappa shape index (κ3) is 21.6. The summed E-state index contributed by atoms with van der Waals surface area (Å²) in [5.41, 5.74) is 17.6. The number of carbonyl (C=O) groups is 4. The van der Waals surface area contributed by atoms with Crippen LogP contribution in [0.4, 0.5) is 58.7 Å². The summed E-state index contributed by atoms with van der Waals surface area (Å²) >= 11 is 0. The first-order chi connectivity index (χ1) is 64.6. The predicted molar refractivity (Wildman–Crippen MR) is 505 cm³/mol. The molecule has 14 heterocycles. The highest BCUT2D eigenvalue weighted by Crippen LogP contribution is 2.35. The molecule has 672 valence electrons. The minimum absolute atomic E-state index is 0.0358. The fraction of sp³-hybridized carbons (Fsp3) is 0.180. The lowest BCUT2D eigenvalue weighted by Gasteiger charge is -2.37.